The van der Waals surface area contributed by atoms with Gasteiger partial charge < -0.3 is 5.32 Å². The van der Waals surface area contributed by atoms with Gasteiger partial charge in [0.1, 0.15) is 9.92 Å². The van der Waals surface area contributed by atoms with Crippen LogP contribution in [0.15, 0.2) is 41.3 Å². The summed E-state index contributed by atoms with van der Waals surface area (Å²) >= 11 is 0. The van der Waals surface area contributed by atoms with E-state index in [-0.39, 0.29) is 18.0 Å². The molecule has 0 aliphatic rings. The van der Waals surface area contributed by atoms with Crippen LogP contribution >= 0.6 is 0 Å². The number of hydrogen-bond donors (Lipinski definition) is 2. The fraction of sp³-hybridized carbons (Fsp3) is 0.143. The van der Waals surface area contributed by atoms with Gasteiger partial charge in [-0.15, -0.1) is 10.8 Å². The minimum atomic E-state index is -2.87. The summed E-state index contributed by atoms with van der Waals surface area (Å²) in [6, 6.07) is 6.02. The Balaban J connectivity index is 2.87. The fourth-order valence-corrected chi connectivity index (χ4v) is 2.15. The van der Waals surface area contributed by atoms with Crippen LogP contribution in [0.2, 0.25) is 0 Å². The van der Waals surface area contributed by atoms with Gasteiger partial charge in [0.25, 0.3) is 5.91 Å². The molecule has 1 aromatic carbocycles. The summed E-state index contributed by atoms with van der Waals surface area (Å²) in [6.45, 7) is 3.39. The van der Waals surface area contributed by atoms with Gasteiger partial charge in [-0.05, 0) is 30.3 Å². The molecule has 0 aliphatic heterocycles. The van der Waals surface area contributed by atoms with Crippen molar-refractivity contribution in [3.63, 3.8) is 0 Å². The first-order valence-electron chi connectivity index (χ1n) is 5.86. The molecule has 0 spiro atoms. The van der Waals surface area contributed by atoms with Crippen LogP contribution in [0.1, 0.15) is 10.4 Å². The van der Waals surface area contributed by atoms with Gasteiger partial charge in [-0.25, -0.2) is 8.93 Å². The molecule has 1 unspecified atom stereocenters. The van der Waals surface area contributed by atoms with Crippen molar-refractivity contribution in [1.82, 2.24) is 4.72 Å². The van der Waals surface area contributed by atoms with Gasteiger partial charge in [0.05, 0.1) is 6.54 Å². The maximum Gasteiger partial charge on any atom is 0.286 e. The molecule has 1 rings (SSSR count). The molecule has 110 valence electrons. The Morgan fingerprint density at radius 1 is 1.43 bits per heavy atom. The minimum absolute atomic E-state index is 0.0542. The maximum atomic E-state index is 11.9. The van der Waals surface area contributed by atoms with Crippen LogP contribution in [0, 0.1) is 12.3 Å². The summed E-state index contributed by atoms with van der Waals surface area (Å²) in [5, 5.41) is 2.54. The van der Waals surface area contributed by atoms with Gasteiger partial charge in [-0.3, -0.25) is 9.59 Å². The zero-order chi connectivity index (χ0) is 15.9. The summed E-state index contributed by atoms with van der Waals surface area (Å²) < 4.78 is 18.0. The smallest absolute Gasteiger partial charge is 0.286 e. The van der Waals surface area contributed by atoms with Crippen LogP contribution in [0.4, 0.5) is 5.69 Å². The lowest BCUT2D eigenvalue weighted by atomic mass is 10.2. The van der Waals surface area contributed by atoms with Crippen LogP contribution in [0.25, 0.3) is 0 Å². The molecule has 0 saturated heterocycles. The van der Waals surface area contributed by atoms with Crippen molar-refractivity contribution in [1.29, 1.82) is 0 Å². The molecule has 0 saturated carbocycles. The summed E-state index contributed by atoms with van der Waals surface area (Å²) in [4.78, 5) is 23.0. The molecule has 6 nitrogen and oxygen atoms in total. The van der Waals surface area contributed by atoms with Gasteiger partial charge in [0.15, 0.2) is 0 Å². The number of hydrogen-bond acceptors (Lipinski definition) is 3. The van der Waals surface area contributed by atoms with E-state index in [9.17, 15) is 13.8 Å². The molecule has 1 aromatic rings. The zero-order valence-corrected chi connectivity index (χ0v) is 12.3. The Morgan fingerprint density at radius 2 is 2.05 bits per heavy atom. The number of nitrogens with zero attached hydrogens (tertiary/aromatic N) is 1. The standard InChI is InChI=1S/C14H15N3O3S/c1-4-10-15-21(3,20)17-14(19)11-6-8-12(9-7-11)16-13(18)5-2/h1,5-9H,2,10H2,3H3,(H,16,18)(H,15,17,19,20). The van der Waals surface area contributed by atoms with Crippen LogP contribution in [-0.4, -0.2) is 28.8 Å². The van der Waals surface area contributed by atoms with Crippen molar-refractivity contribution in [2.24, 2.45) is 4.36 Å². The Hall–Kier alpha value is -2.43. The summed E-state index contributed by atoms with van der Waals surface area (Å²) in [5.74, 6) is 1.27. The predicted octanol–water partition coefficient (Wildman–Crippen LogP) is 1.19. The minimum Gasteiger partial charge on any atom is -0.323 e. The number of nitrogens with one attached hydrogen (secondary N) is 2. The van der Waals surface area contributed by atoms with E-state index in [0.29, 0.717) is 5.69 Å². The van der Waals surface area contributed by atoms with Gasteiger partial charge in [-0.2, -0.15) is 0 Å². The van der Waals surface area contributed by atoms with Crippen molar-refractivity contribution in [2.75, 3.05) is 18.1 Å². The highest BCUT2D eigenvalue weighted by atomic mass is 32.2. The molecular formula is C14H15N3O3S. The van der Waals surface area contributed by atoms with Gasteiger partial charge in [0, 0.05) is 17.5 Å². The highest BCUT2D eigenvalue weighted by Crippen LogP contribution is 2.11. The molecule has 0 aromatic heterocycles. The van der Waals surface area contributed by atoms with Gasteiger partial charge >= 0.3 is 0 Å². The third-order valence-electron chi connectivity index (χ3n) is 2.28. The second-order valence-corrected chi connectivity index (χ2v) is 6.07. The molecule has 0 heterocycles. The van der Waals surface area contributed by atoms with E-state index in [2.05, 4.69) is 26.9 Å². The predicted molar refractivity (Wildman–Crippen MR) is 82.9 cm³/mol. The number of benzene rings is 1. The molecule has 0 radical (unpaired) electrons. The molecule has 1 atom stereocenters. The Bertz CT molecular complexity index is 708. The molecule has 0 aliphatic carbocycles. The number of terminal acetylenes is 1. The lowest BCUT2D eigenvalue weighted by Gasteiger charge is -2.04. The van der Waals surface area contributed by atoms with E-state index in [1.54, 1.807) is 0 Å². The third-order valence-corrected chi connectivity index (χ3v) is 3.48. The summed E-state index contributed by atoms with van der Waals surface area (Å²) in [7, 11) is -2.87. The summed E-state index contributed by atoms with van der Waals surface area (Å²) in [6.07, 6.45) is 7.47. The lowest BCUT2D eigenvalue weighted by Crippen LogP contribution is -2.23. The molecule has 7 heteroatoms. The van der Waals surface area contributed by atoms with E-state index in [4.69, 9.17) is 6.42 Å². The quantitative estimate of drug-likeness (QED) is 0.632. The van der Waals surface area contributed by atoms with Crippen LogP contribution in [0.5, 0.6) is 0 Å². The molecule has 0 bridgehead atoms. The largest absolute Gasteiger partial charge is 0.323 e. The van der Waals surface area contributed by atoms with Crippen LogP contribution in [-0.2, 0) is 14.7 Å². The third kappa shape index (κ3) is 5.60. The van der Waals surface area contributed by atoms with Crippen molar-refractivity contribution in [3.05, 3.63) is 42.5 Å². The normalized spacial score (nSPS) is 12.6. The van der Waals surface area contributed by atoms with E-state index in [0.717, 1.165) is 6.08 Å². The average molecular weight is 305 g/mol. The van der Waals surface area contributed by atoms with E-state index in [1.165, 1.54) is 30.5 Å². The topological polar surface area (TPSA) is 87.6 Å². The van der Waals surface area contributed by atoms with Gasteiger partial charge in [0.2, 0.25) is 5.91 Å². The summed E-state index contributed by atoms with van der Waals surface area (Å²) in [5.41, 5.74) is 0.767. The average Bonchev–Trinajstić information content (AvgIpc) is 2.45. The first-order chi connectivity index (χ1) is 9.88. The second-order valence-electron chi connectivity index (χ2n) is 3.99. The van der Waals surface area contributed by atoms with Gasteiger partial charge in [-0.1, -0.05) is 12.5 Å². The highest BCUT2D eigenvalue weighted by Gasteiger charge is 2.08. The number of rotatable bonds is 5. The molecule has 2 N–H and O–H groups in total. The molecule has 2 amide bonds. The number of carbonyl (C=O) groups is 2. The number of carbonyl (C=O) groups excluding carboxylic acids is 2. The first-order valence-corrected chi connectivity index (χ1v) is 7.78. The van der Waals surface area contributed by atoms with E-state index < -0.39 is 15.8 Å². The molecule has 21 heavy (non-hydrogen) atoms. The van der Waals surface area contributed by atoms with Crippen molar-refractivity contribution in [3.8, 4) is 12.3 Å². The maximum absolute atomic E-state index is 11.9. The van der Waals surface area contributed by atoms with Crippen molar-refractivity contribution in [2.45, 2.75) is 0 Å². The zero-order valence-electron chi connectivity index (χ0n) is 11.5. The molecule has 0 fully saturated rings. The van der Waals surface area contributed by atoms with E-state index in [1.807, 2.05) is 0 Å². The van der Waals surface area contributed by atoms with Crippen molar-refractivity contribution >= 4 is 27.4 Å². The lowest BCUT2D eigenvalue weighted by molar-refractivity contribution is -0.111. The van der Waals surface area contributed by atoms with Crippen LogP contribution in [0.3, 0.4) is 0 Å². The van der Waals surface area contributed by atoms with Crippen LogP contribution < -0.4 is 10.0 Å². The monoisotopic (exact) mass is 305 g/mol. The highest BCUT2D eigenvalue weighted by molar-refractivity contribution is 7.91. The second kappa shape index (κ2) is 7.38. The first kappa shape index (κ1) is 16.6. The Kier molecular flexibility index (Phi) is 5.84. The Labute approximate surface area is 123 Å². The SMILES string of the molecule is C#CCNS(C)(=O)=NC(=O)c1ccc(NC(=O)C=C)cc1. The Morgan fingerprint density at radius 3 is 2.57 bits per heavy atom. The van der Waals surface area contributed by atoms with E-state index >= 15 is 0 Å². The molecular weight excluding hydrogens is 290 g/mol. The fourth-order valence-electron chi connectivity index (χ4n) is 1.31. The number of amides is 2. The number of anilines is 1. The van der Waals surface area contributed by atoms with Crippen molar-refractivity contribution < 1.29 is 13.8 Å².